The predicted octanol–water partition coefficient (Wildman–Crippen LogP) is 6.64. The first-order valence-electron chi connectivity index (χ1n) is 16.9. The normalized spacial score (nSPS) is 45.9. The monoisotopic (exact) mass is 559 g/mol. The molecular weight excluding hydrogens is 506 g/mol. The van der Waals surface area contributed by atoms with Crippen molar-refractivity contribution in [3.63, 3.8) is 0 Å². The number of phenolic OH excluding ortho intramolecular Hbond substituents is 1. The van der Waals surface area contributed by atoms with Gasteiger partial charge in [-0.1, -0.05) is 31.8 Å². The lowest BCUT2D eigenvalue weighted by molar-refractivity contribution is -0.342. The molecule has 5 aliphatic carbocycles. The SMILES string of the molecule is CC(C)C[C@H]1CC[C@@]2(C1)C[C@H]1Cc3ccc(O)cc3CC#C[C@H]3[C@]4(C[C@H]5CC[C@@H](CO)[C@@]3(N)[C@@H]5C(C)(C)O4)[C@H](C1)C2. The molecule has 4 nitrogen and oxygen atoms in total. The molecule has 2 saturated heterocycles. The maximum Gasteiger partial charge on any atom is 0.115 e. The third kappa shape index (κ3) is 4.35. The summed E-state index contributed by atoms with van der Waals surface area (Å²) >= 11 is 0. The first kappa shape index (κ1) is 28.2. The van der Waals surface area contributed by atoms with Crippen molar-refractivity contribution in [2.24, 2.45) is 58.5 Å². The first-order valence-corrected chi connectivity index (χ1v) is 16.9. The van der Waals surface area contributed by atoms with Crippen LogP contribution in [0.15, 0.2) is 18.2 Å². The second-order valence-electron chi connectivity index (χ2n) is 16.6. The Morgan fingerprint density at radius 3 is 2.68 bits per heavy atom. The van der Waals surface area contributed by atoms with Crippen molar-refractivity contribution in [1.29, 1.82) is 0 Å². The van der Waals surface area contributed by atoms with Gasteiger partial charge in [-0.3, -0.25) is 0 Å². The summed E-state index contributed by atoms with van der Waals surface area (Å²) < 4.78 is 7.50. The molecule has 0 unspecified atom stereocenters. The molecule has 4 saturated carbocycles. The summed E-state index contributed by atoms with van der Waals surface area (Å²) in [4.78, 5) is 0. The molecule has 0 radical (unpaired) electrons. The van der Waals surface area contributed by atoms with Crippen LogP contribution in [0.4, 0.5) is 0 Å². The predicted molar refractivity (Wildman–Crippen MR) is 163 cm³/mol. The Bertz CT molecular complexity index is 1240. The van der Waals surface area contributed by atoms with E-state index in [9.17, 15) is 10.2 Å². The zero-order valence-corrected chi connectivity index (χ0v) is 25.9. The van der Waals surface area contributed by atoms with Crippen LogP contribution in [0.2, 0.25) is 0 Å². The van der Waals surface area contributed by atoms with Crippen LogP contribution in [0.3, 0.4) is 0 Å². The summed E-state index contributed by atoms with van der Waals surface area (Å²) in [7, 11) is 0. The van der Waals surface area contributed by atoms with Gasteiger partial charge in [0.25, 0.3) is 0 Å². The van der Waals surface area contributed by atoms with E-state index >= 15 is 0 Å². The second kappa shape index (κ2) is 9.73. The van der Waals surface area contributed by atoms with Crippen LogP contribution in [0, 0.1) is 64.6 Å². The molecular formula is C37H53NO3. The number of nitrogens with two attached hydrogens (primary N) is 1. The number of ether oxygens (including phenoxy) is 1. The fourth-order valence-electron chi connectivity index (χ4n) is 12.3. The maximum atomic E-state index is 10.7. The molecule has 6 bridgehead atoms. The van der Waals surface area contributed by atoms with E-state index in [1.165, 1.54) is 56.1 Å². The van der Waals surface area contributed by atoms with Crippen molar-refractivity contribution < 1.29 is 14.9 Å². The van der Waals surface area contributed by atoms with Crippen molar-refractivity contribution in [1.82, 2.24) is 0 Å². The summed E-state index contributed by atoms with van der Waals surface area (Å²) in [5, 5.41) is 21.1. The van der Waals surface area contributed by atoms with Crippen molar-refractivity contribution in [2.75, 3.05) is 6.61 Å². The van der Waals surface area contributed by atoms with Gasteiger partial charge in [0.15, 0.2) is 0 Å². The van der Waals surface area contributed by atoms with Crippen LogP contribution in [0.25, 0.3) is 0 Å². The van der Waals surface area contributed by atoms with Gasteiger partial charge in [-0.05, 0) is 143 Å². The molecule has 10 atom stereocenters. The van der Waals surface area contributed by atoms with Gasteiger partial charge in [-0.25, -0.2) is 0 Å². The molecule has 2 spiro atoms. The minimum absolute atomic E-state index is 0.0580. The molecule has 6 fully saturated rings. The molecule has 1 aromatic rings. The van der Waals surface area contributed by atoms with Gasteiger partial charge in [-0.2, -0.15) is 0 Å². The van der Waals surface area contributed by atoms with Crippen molar-refractivity contribution in [3.05, 3.63) is 29.3 Å². The molecule has 2 aliphatic heterocycles. The van der Waals surface area contributed by atoms with Gasteiger partial charge >= 0.3 is 0 Å². The molecule has 8 rings (SSSR count). The molecule has 1 aromatic carbocycles. The fraction of sp³-hybridized carbons (Fsp3) is 0.784. The van der Waals surface area contributed by atoms with Crippen LogP contribution in [-0.4, -0.2) is 33.6 Å². The number of aliphatic hydroxyl groups excluding tert-OH is 1. The van der Waals surface area contributed by atoms with Crippen molar-refractivity contribution in [3.8, 4) is 17.6 Å². The average Bonchev–Trinajstić information content (AvgIpc) is 3.25. The Kier molecular flexibility index (Phi) is 6.71. The molecule has 2 heterocycles. The summed E-state index contributed by atoms with van der Waals surface area (Å²) in [5.41, 5.74) is 9.41. The third-order valence-electron chi connectivity index (χ3n) is 13.1. The summed E-state index contributed by atoms with van der Waals surface area (Å²) in [6.07, 6.45) is 14.0. The minimum Gasteiger partial charge on any atom is -0.508 e. The number of fused-ring (bicyclic) bond motifs is 4. The van der Waals surface area contributed by atoms with E-state index in [4.69, 9.17) is 10.5 Å². The van der Waals surface area contributed by atoms with Crippen LogP contribution < -0.4 is 5.73 Å². The Morgan fingerprint density at radius 2 is 1.90 bits per heavy atom. The van der Waals surface area contributed by atoms with Gasteiger partial charge in [0.05, 0.1) is 17.1 Å². The Hall–Kier alpha value is -1.54. The molecule has 0 aromatic heterocycles. The van der Waals surface area contributed by atoms with Crippen LogP contribution in [0.5, 0.6) is 5.75 Å². The Labute approximate surface area is 248 Å². The van der Waals surface area contributed by atoms with E-state index in [0.29, 0.717) is 35.3 Å². The molecule has 224 valence electrons. The molecule has 41 heavy (non-hydrogen) atoms. The number of aromatic hydroxyl groups is 1. The zero-order valence-electron chi connectivity index (χ0n) is 25.9. The van der Waals surface area contributed by atoms with Crippen molar-refractivity contribution in [2.45, 2.75) is 121 Å². The lowest BCUT2D eigenvalue weighted by Crippen LogP contribution is -2.82. The van der Waals surface area contributed by atoms with Gasteiger partial charge in [0.1, 0.15) is 5.75 Å². The van der Waals surface area contributed by atoms with Gasteiger partial charge in [-0.15, -0.1) is 0 Å². The number of hydrogen-bond acceptors (Lipinski definition) is 4. The molecule has 4 N–H and O–H groups in total. The van der Waals surface area contributed by atoms with Crippen molar-refractivity contribution >= 4 is 0 Å². The van der Waals surface area contributed by atoms with Crippen LogP contribution >= 0.6 is 0 Å². The van der Waals surface area contributed by atoms with E-state index in [2.05, 4.69) is 45.6 Å². The van der Waals surface area contributed by atoms with E-state index in [0.717, 1.165) is 37.5 Å². The van der Waals surface area contributed by atoms with Gasteiger partial charge in [0.2, 0.25) is 0 Å². The lowest BCUT2D eigenvalue weighted by Gasteiger charge is -2.73. The van der Waals surface area contributed by atoms with E-state index < -0.39 is 5.54 Å². The highest BCUT2D eigenvalue weighted by Gasteiger charge is 2.74. The second-order valence-corrected chi connectivity index (χ2v) is 16.6. The number of hydrogen-bond donors (Lipinski definition) is 3. The summed E-state index contributed by atoms with van der Waals surface area (Å²) in [6.45, 7) is 9.49. The highest BCUT2D eigenvalue weighted by molar-refractivity contribution is 5.40. The highest BCUT2D eigenvalue weighted by Crippen LogP contribution is 2.69. The summed E-state index contributed by atoms with van der Waals surface area (Å²) in [5.74, 6) is 11.1. The number of benzene rings is 1. The van der Waals surface area contributed by atoms with Gasteiger partial charge < -0.3 is 20.7 Å². The Balaban J connectivity index is 1.38. The molecule has 4 heteroatoms. The van der Waals surface area contributed by atoms with E-state index in [1.807, 2.05) is 12.1 Å². The highest BCUT2D eigenvalue weighted by atomic mass is 16.5. The smallest absolute Gasteiger partial charge is 0.115 e. The number of aliphatic hydroxyl groups is 1. The standard InChI is InChI=1S/C37H53NO3/c1-23(2)14-24-12-13-35(18-24)19-25-15-27-9-11-31(40)17-26(27)6-5-7-32-36(30(16-25)21-35)20-28-8-10-29(22-39)37(32,38)33(28)34(3,4)41-36/h9,11,17,23-25,28-30,32-33,39-40H,6,8,10,12-16,18-22,38H2,1-4H3/t24-,25+,28-,29+,30-,32+,33+,35-,36+,37+/m1/s1. The lowest BCUT2D eigenvalue weighted by atomic mass is 9.40. The van der Waals surface area contributed by atoms with E-state index in [-0.39, 0.29) is 35.6 Å². The molecule has 0 amide bonds. The zero-order chi connectivity index (χ0) is 28.8. The number of rotatable bonds is 3. The summed E-state index contributed by atoms with van der Waals surface area (Å²) in [6, 6.07) is 5.97. The topological polar surface area (TPSA) is 75.7 Å². The fourth-order valence-corrected chi connectivity index (χ4v) is 12.3. The van der Waals surface area contributed by atoms with Crippen LogP contribution in [-0.2, 0) is 17.6 Å². The Morgan fingerprint density at radius 1 is 1.07 bits per heavy atom. The maximum absolute atomic E-state index is 10.7. The van der Waals surface area contributed by atoms with Gasteiger partial charge in [0, 0.05) is 30.4 Å². The molecule has 7 aliphatic rings. The number of phenols is 1. The first-order chi connectivity index (χ1) is 19.5. The average molecular weight is 560 g/mol. The quantitative estimate of drug-likeness (QED) is 0.363. The third-order valence-corrected chi connectivity index (χ3v) is 13.1. The minimum atomic E-state index is -0.545. The van der Waals surface area contributed by atoms with Crippen LogP contribution in [0.1, 0.15) is 103 Å². The van der Waals surface area contributed by atoms with E-state index in [1.54, 1.807) is 0 Å². The largest absolute Gasteiger partial charge is 0.508 e.